The molecule has 0 amide bonds. The molecule has 0 aliphatic heterocycles. The maximum Gasteiger partial charge on any atom is 0.317 e. The van der Waals surface area contributed by atoms with Crippen molar-refractivity contribution in [2.24, 2.45) is 0 Å². The van der Waals surface area contributed by atoms with E-state index in [4.69, 9.17) is 23.1 Å². The van der Waals surface area contributed by atoms with Crippen molar-refractivity contribution in [2.75, 3.05) is 13.1 Å². The molecule has 0 bridgehead atoms. The summed E-state index contributed by atoms with van der Waals surface area (Å²) in [7, 11) is 0. The third-order valence-corrected chi connectivity index (χ3v) is 2.86. The second kappa shape index (κ2) is 6.29. The van der Waals surface area contributed by atoms with E-state index >= 15 is 0 Å². The summed E-state index contributed by atoms with van der Waals surface area (Å²) in [6.45, 7) is 2.63. The number of carboxylic acids is 1. The van der Waals surface area contributed by atoms with Crippen LogP contribution in [-0.2, 0) is 11.3 Å². The van der Waals surface area contributed by atoms with Crippen molar-refractivity contribution in [3.63, 3.8) is 0 Å². The van der Waals surface area contributed by atoms with Gasteiger partial charge in [0.25, 0.3) is 0 Å². The second-order valence-corrected chi connectivity index (χ2v) is 4.17. The lowest BCUT2D eigenvalue weighted by atomic mass is 10.1. The van der Waals surface area contributed by atoms with Crippen LogP contribution >= 0.6 is 11.6 Å². The van der Waals surface area contributed by atoms with Gasteiger partial charge in [-0.05, 0) is 24.1 Å². The van der Waals surface area contributed by atoms with Gasteiger partial charge in [-0.3, -0.25) is 9.69 Å². The fourth-order valence-electron chi connectivity index (χ4n) is 1.55. The number of rotatable bonds is 5. The van der Waals surface area contributed by atoms with Gasteiger partial charge < -0.3 is 5.11 Å². The fraction of sp³-hybridized carbons (Fsp3) is 0.308. The van der Waals surface area contributed by atoms with Crippen LogP contribution in [0.4, 0.5) is 0 Å². The zero-order valence-electron chi connectivity index (χ0n) is 9.61. The topological polar surface area (TPSA) is 40.5 Å². The minimum atomic E-state index is -0.889. The Kier molecular flexibility index (Phi) is 5.02. The van der Waals surface area contributed by atoms with Crippen molar-refractivity contribution in [1.29, 1.82) is 0 Å². The molecule has 4 heteroatoms. The van der Waals surface area contributed by atoms with Crippen LogP contribution in [0.2, 0.25) is 5.02 Å². The highest BCUT2D eigenvalue weighted by atomic mass is 35.5. The van der Waals surface area contributed by atoms with Crippen LogP contribution in [0.3, 0.4) is 0 Å². The minimum absolute atomic E-state index is 0.0733. The van der Waals surface area contributed by atoms with E-state index in [0.717, 1.165) is 11.1 Å². The Morgan fingerprint density at radius 1 is 1.59 bits per heavy atom. The summed E-state index contributed by atoms with van der Waals surface area (Å²) in [5.74, 6) is 1.57. The van der Waals surface area contributed by atoms with E-state index in [1.807, 2.05) is 25.1 Å². The summed E-state index contributed by atoms with van der Waals surface area (Å²) in [5, 5.41) is 9.46. The fourth-order valence-corrected chi connectivity index (χ4v) is 1.75. The first kappa shape index (κ1) is 13.6. The molecule has 0 aromatic heterocycles. The first-order chi connectivity index (χ1) is 8.04. The highest BCUT2D eigenvalue weighted by Gasteiger charge is 2.11. The number of hydrogen-bond donors (Lipinski definition) is 1. The molecule has 0 unspecified atom stereocenters. The van der Waals surface area contributed by atoms with Gasteiger partial charge in [-0.2, -0.15) is 0 Å². The van der Waals surface area contributed by atoms with Crippen LogP contribution in [0, 0.1) is 19.3 Å². The Morgan fingerprint density at radius 3 is 2.88 bits per heavy atom. The van der Waals surface area contributed by atoms with Crippen molar-refractivity contribution < 1.29 is 9.90 Å². The molecule has 0 aliphatic carbocycles. The Balaban J connectivity index is 2.82. The number of carboxylic acid groups (broad SMARTS) is 1. The molecule has 1 aromatic carbocycles. The van der Waals surface area contributed by atoms with E-state index in [1.54, 1.807) is 4.90 Å². The number of terminal acetylenes is 1. The SMILES string of the molecule is C#CCN(CC(=O)O)Cc1cccc(Cl)c1C. The molecule has 0 aliphatic rings. The van der Waals surface area contributed by atoms with Crippen LogP contribution < -0.4 is 0 Å². The van der Waals surface area contributed by atoms with Gasteiger partial charge in [0.05, 0.1) is 13.1 Å². The summed E-state index contributed by atoms with van der Waals surface area (Å²) in [6, 6.07) is 5.58. The second-order valence-electron chi connectivity index (χ2n) is 3.77. The van der Waals surface area contributed by atoms with Crippen LogP contribution in [0.25, 0.3) is 0 Å². The van der Waals surface area contributed by atoms with Gasteiger partial charge in [-0.15, -0.1) is 6.42 Å². The van der Waals surface area contributed by atoms with Crippen molar-refractivity contribution in [3.05, 3.63) is 34.3 Å². The Labute approximate surface area is 106 Å². The lowest BCUT2D eigenvalue weighted by Crippen LogP contribution is -2.30. The average molecular weight is 252 g/mol. The van der Waals surface area contributed by atoms with E-state index < -0.39 is 5.97 Å². The van der Waals surface area contributed by atoms with Gasteiger partial charge in [-0.25, -0.2) is 0 Å². The summed E-state index contributed by atoms with van der Waals surface area (Å²) in [6.07, 6.45) is 5.22. The van der Waals surface area contributed by atoms with Gasteiger partial charge in [0.1, 0.15) is 0 Å². The Hall–Kier alpha value is -1.50. The van der Waals surface area contributed by atoms with Gasteiger partial charge in [-0.1, -0.05) is 29.7 Å². The molecular weight excluding hydrogens is 238 g/mol. The van der Waals surface area contributed by atoms with E-state index in [0.29, 0.717) is 18.1 Å². The molecule has 0 radical (unpaired) electrons. The third-order valence-electron chi connectivity index (χ3n) is 2.45. The average Bonchev–Trinajstić information content (AvgIpc) is 2.24. The van der Waals surface area contributed by atoms with Crippen molar-refractivity contribution >= 4 is 17.6 Å². The molecule has 0 saturated heterocycles. The molecule has 0 fully saturated rings. The number of aliphatic carboxylic acids is 1. The van der Waals surface area contributed by atoms with Crippen LogP contribution in [0.1, 0.15) is 11.1 Å². The van der Waals surface area contributed by atoms with Crippen LogP contribution in [0.5, 0.6) is 0 Å². The minimum Gasteiger partial charge on any atom is -0.480 e. The van der Waals surface area contributed by atoms with Gasteiger partial charge in [0.2, 0.25) is 0 Å². The maximum absolute atomic E-state index is 10.7. The summed E-state index contributed by atoms with van der Waals surface area (Å²) < 4.78 is 0. The quantitative estimate of drug-likeness (QED) is 0.816. The van der Waals surface area contributed by atoms with Crippen molar-refractivity contribution in [1.82, 2.24) is 4.90 Å². The number of nitrogens with zero attached hydrogens (tertiary/aromatic N) is 1. The molecule has 0 atom stereocenters. The predicted octanol–water partition coefficient (Wildman–Crippen LogP) is 2.17. The van der Waals surface area contributed by atoms with E-state index in [2.05, 4.69) is 5.92 Å². The molecule has 0 spiro atoms. The molecule has 1 aromatic rings. The van der Waals surface area contributed by atoms with Crippen molar-refractivity contribution in [2.45, 2.75) is 13.5 Å². The maximum atomic E-state index is 10.7. The van der Waals surface area contributed by atoms with Crippen LogP contribution in [-0.4, -0.2) is 29.1 Å². The van der Waals surface area contributed by atoms with Crippen LogP contribution in [0.15, 0.2) is 18.2 Å². The molecule has 1 rings (SSSR count). The van der Waals surface area contributed by atoms with E-state index in [-0.39, 0.29) is 6.54 Å². The predicted molar refractivity (Wildman–Crippen MR) is 67.9 cm³/mol. The van der Waals surface area contributed by atoms with E-state index in [1.165, 1.54) is 0 Å². The zero-order chi connectivity index (χ0) is 12.8. The Morgan fingerprint density at radius 2 is 2.29 bits per heavy atom. The normalized spacial score (nSPS) is 10.2. The van der Waals surface area contributed by atoms with Gasteiger partial charge in [0.15, 0.2) is 0 Å². The first-order valence-corrected chi connectivity index (χ1v) is 5.54. The molecule has 17 heavy (non-hydrogen) atoms. The number of hydrogen-bond acceptors (Lipinski definition) is 2. The Bertz CT molecular complexity index is 451. The monoisotopic (exact) mass is 251 g/mol. The van der Waals surface area contributed by atoms with E-state index in [9.17, 15) is 4.79 Å². The lowest BCUT2D eigenvalue weighted by Gasteiger charge is -2.19. The van der Waals surface area contributed by atoms with Gasteiger partial charge in [0, 0.05) is 11.6 Å². The highest BCUT2D eigenvalue weighted by Crippen LogP contribution is 2.19. The molecule has 90 valence electrons. The summed E-state index contributed by atoms with van der Waals surface area (Å²) in [4.78, 5) is 12.4. The third kappa shape index (κ3) is 4.10. The number of carbonyl (C=O) groups is 1. The molecule has 0 heterocycles. The summed E-state index contributed by atoms with van der Waals surface area (Å²) >= 11 is 6.00. The molecule has 0 saturated carbocycles. The number of benzene rings is 1. The largest absolute Gasteiger partial charge is 0.480 e. The smallest absolute Gasteiger partial charge is 0.317 e. The summed E-state index contributed by atoms with van der Waals surface area (Å²) in [5.41, 5.74) is 1.95. The standard InChI is InChI=1S/C13H14ClNO2/c1-3-7-15(9-13(16)17)8-11-5-4-6-12(14)10(11)2/h1,4-6H,7-9H2,2H3,(H,16,17). The first-order valence-electron chi connectivity index (χ1n) is 5.16. The van der Waals surface area contributed by atoms with Gasteiger partial charge >= 0.3 is 5.97 Å². The number of halogens is 1. The molecule has 1 N–H and O–H groups in total. The highest BCUT2D eigenvalue weighted by molar-refractivity contribution is 6.31. The molecule has 3 nitrogen and oxygen atoms in total. The lowest BCUT2D eigenvalue weighted by molar-refractivity contribution is -0.138. The van der Waals surface area contributed by atoms with Crippen molar-refractivity contribution in [3.8, 4) is 12.3 Å². The molecular formula is C13H14ClNO2. The zero-order valence-corrected chi connectivity index (χ0v) is 10.4.